The second-order valence-corrected chi connectivity index (χ2v) is 6.92. The van der Waals surface area contributed by atoms with Crippen molar-refractivity contribution >= 4 is 33.5 Å². The fraction of sp³-hybridized carbons (Fsp3) is 0.429. The molecule has 0 spiro atoms. The molecule has 0 aliphatic carbocycles. The minimum Gasteiger partial charge on any atom is -0.451 e. The van der Waals surface area contributed by atoms with E-state index in [2.05, 4.69) is 10.0 Å². The Hall–Kier alpha value is -1.64. The van der Waals surface area contributed by atoms with Gasteiger partial charge in [0.2, 0.25) is 10.0 Å². The first-order valence-electron chi connectivity index (χ1n) is 6.93. The van der Waals surface area contributed by atoms with Crippen LogP contribution in [0.25, 0.3) is 0 Å². The highest BCUT2D eigenvalue weighted by Crippen LogP contribution is 2.15. The van der Waals surface area contributed by atoms with E-state index in [4.69, 9.17) is 16.3 Å². The Kier molecular flexibility index (Phi) is 6.99. The molecule has 1 aromatic carbocycles. The van der Waals surface area contributed by atoms with E-state index >= 15 is 0 Å². The zero-order chi connectivity index (χ0) is 17.6. The number of esters is 1. The Labute approximate surface area is 140 Å². The van der Waals surface area contributed by atoms with Gasteiger partial charge in [0.15, 0.2) is 6.10 Å². The molecule has 0 saturated carbocycles. The SMILES string of the molecule is CCNC(=O)[C@H](C)OC(=O)[C@H](C)NS(=O)(=O)c1cccc(Cl)c1. The predicted octanol–water partition coefficient (Wildman–Crippen LogP) is 1.07. The fourth-order valence-electron chi connectivity index (χ4n) is 1.63. The lowest BCUT2D eigenvalue weighted by Gasteiger charge is -2.17. The molecule has 1 amide bonds. The van der Waals surface area contributed by atoms with Crippen LogP contribution in [0.1, 0.15) is 20.8 Å². The monoisotopic (exact) mass is 362 g/mol. The maximum Gasteiger partial charge on any atom is 0.324 e. The summed E-state index contributed by atoms with van der Waals surface area (Å²) in [5, 5.41) is 2.76. The summed E-state index contributed by atoms with van der Waals surface area (Å²) < 4.78 is 31.4. The number of nitrogens with one attached hydrogen (secondary N) is 2. The maximum atomic E-state index is 12.2. The van der Waals surface area contributed by atoms with Crippen molar-refractivity contribution in [2.45, 2.75) is 37.8 Å². The second-order valence-electron chi connectivity index (χ2n) is 4.77. The molecule has 0 bridgehead atoms. The molecular weight excluding hydrogens is 344 g/mol. The lowest BCUT2D eigenvalue weighted by molar-refractivity contribution is -0.156. The normalized spacial score (nSPS) is 13.9. The molecule has 0 saturated heterocycles. The van der Waals surface area contributed by atoms with E-state index in [-0.39, 0.29) is 9.92 Å². The first-order chi connectivity index (χ1) is 10.7. The number of hydrogen-bond acceptors (Lipinski definition) is 5. The van der Waals surface area contributed by atoms with Crippen LogP contribution < -0.4 is 10.0 Å². The summed E-state index contributed by atoms with van der Waals surface area (Å²) in [5.41, 5.74) is 0. The van der Waals surface area contributed by atoms with Gasteiger partial charge >= 0.3 is 5.97 Å². The van der Waals surface area contributed by atoms with Crippen molar-refractivity contribution in [1.29, 1.82) is 0 Å². The standard InChI is InChI=1S/C14H19ClN2O5S/c1-4-16-13(18)10(3)22-14(19)9(2)17-23(20,21)12-7-5-6-11(15)8-12/h5-10,17H,4H2,1-3H3,(H,16,18)/t9-,10-/m0/s1. The molecule has 2 atom stereocenters. The number of carbonyl (C=O) groups excluding carboxylic acids is 2. The smallest absolute Gasteiger partial charge is 0.324 e. The van der Waals surface area contributed by atoms with E-state index in [0.29, 0.717) is 6.54 Å². The van der Waals surface area contributed by atoms with Crippen LogP contribution in [-0.2, 0) is 24.3 Å². The number of carbonyl (C=O) groups is 2. The minimum absolute atomic E-state index is 0.0681. The zero-order valence-corrected chi connectivity index (χ0v) is 14.6. The molecule has 0 radical (unpaired) electrons. The lowest BCUT2D eigenvalue weighted by atomic mass is 10.3. The molecule has 2 N–H and O–H groups in total. The molecule has 0 heterocycles. The minimum atomic E-state index is -3.93. The molecular formula is C14H19ClN2O5S. The van der Waals surface area contributed by atoms with Crippen LogP contribution in [0.3, 0.4) is 0 Å². The number of halogens is 1. The third-order valence-electron chi connectivity index (χ3n) is 2.81. The Balaban J connectivity index is 2.72. The summed E-state index contributed by atoms with van der Waals surface area (Å²) in [6.45, 7) is 4.86. The molecule has 23 heavy (non-hydrogen) atoms. The third-order valence-corrected chi connectivity index (χ3v) is 4.58. The number of sulfonamides is 1. The number of amides is 1. The molecule has 0 aliphatic rings. The van der Waals surface area contributed by atoms with Gasteiger partial charge in [-0.3, -0.25) is 9.59 Å². The molecule has 128 valence electrons. The van der Waals surface area contributed by atoms with Gasteiger partial charge < -0.3 is 10.1 Å². The van der Waals surface area contributed by atoms with Gasteiger partial charge in [0.1, 0.15) is 6.04 Å². The largest absolute Gasteiger partial charge is 0.451 e. The van der Waals surface area contributed by atoms with Crippen LogP contribution in [0.2, 0.25) is 5.02 Å². The van der Waals surface area contributed by atoms with Gasteiger partial charge in [0.25, 0.3) is 5.91 Å². The lowest BCUT2D eigenvalue weighted by Crippen LogP contribution is -2.43. The molecule has 9 heteroatoms. The molecule has 0 fully saturated rings. The van der Waals surface area contributed by atoms with E-state index in [9.17, 15) is 18.0 Å². The summed E-state index contributed by atoms with van der Waals surface area (Å²) in [6, 6.07) is 4.47. The predicted molar refractivity (Wildman–Crippen MR) is 85.5 cm³/mol. The Bertz CT molecular complexity index is 678. The van der Waals surface area contributed by atoms with E-state index in [1.54, 1.807) is 6.92 Å². The summed E-state index contributed by atoms with van der Waals surface area (Å²) in [6.07, 6.45) is -1.01. The quantitative estimate of drug-likeness (QED) is 0.706. The number of hydrogen-bond donors (Lipinski definition) is 2. The average Bonchev–Trinajstić information content (AvgIpc) is 2.46. The average molecular weight is 363 g/mol. The zero-order valence-electron chi connectivity index (χ0n) is 13.0. The van der Waals surface area contributed by atoms with Crippen LogP contribution in [0.5, 0.6) is 0 Å². The molecule has 0 aromatic heterocycles. The van der Waals surface area contributed by atoms with Gasteiger partial charge in [-0.05, 0) is 39.0 Å². The van der Waals surface area contributed by atoms with Crippen molar-refractivity contribution in [3.63, 3.8) is 0 Å². The first-order valence-corrected chi connectivity index (χ1v) is 8.79. The van der Waals surface area contributed by atoms with Crippen molar-refractivity contribution in [2.75, 3.05) is 6.54 Å². The maximum absolute atomic E-state index is 12.2. The molecule has 1 rings (SSSR count). The highest BCUT2D eigenvalue weighted by atomic mass is 35.5. The summed E-state index contributed by atoms with van der Waals surface area (Å²) in [7, 11) is -3.93. The van der Waals surface area contributed by atoms with E-state index in [0.717, 1.165) is 0 Å². The van der Waals surface area contributed by atoms with Crippen molar-refractivity contribution in [3.8, 4) is 0 Å². The van der Waals surface area contributed by atoms with Crippen LogP contribution in [0, 0.1) is 0 Å². The van der Waals surface area contributed by atoms with Gasteiger partial charge in [-0.15, -0.1) is 0 Å². The Morgan fingerprint density at radius 1 is 1.30 bits per heavy atom. The Morgan fingerprint density at radius 2 is 1.96 bits per heavy atom. The molecule has 0 aliphatic heterocycles. The molecule has 0 unspecified atom stereocenters. The highest BCUT2D eigenvalue weighted by Gasteiger charge is 2.26. The van der Waals surface area contributed by atoms with Crippen molar-refractivity contribution < 1.29 is 22.7 Å². The number of rotatable bonds is 7. The first kappa shape index (κ1) is 19.4. The van der Waals surface area contributed by atoms with Gasteiger partial charge in [-0.1, -0.05) is 17.7 Å². The van der Waals surface area contributed by atoms with Gasteiger partial charge in [0, 0.05) is 11.6 Å². The van der Waals surface area contributed by atoms with Crippen molar-refractivity contribution in [2.24, 2.45) is 0 Å². The topological polar surface area (TPSA) is 102 Å². The van der Waals surface area contributed by atoms with Crippen molar-refractivity contribution in [3.05, 3.63) is 29.3 Å². The second kappa shape index (κ2) is 8.28. The van der Waals surface area contributed by atoms with Gasteiger partial charge in [0.05, 0.1) is 4.90 Å². The number of ether oxygens (including phenoxy) is 1. The van der Waals surface area contributed by atoms with Crippen LogP contribution >= 0.6 is 11.6 Å². The number of benzene rings is 1. The van der Waals surface area contributed by atoms with Gasteiger partial charge in [-0.25, -0.2) is 8.42 Å². The third kappa shape index (κ3) is 5.81. The van der Waals surface area contributed by atoms with E-state index in [1.165, 1.54) is 38.1 Å². The van der Waals surface area contributed by atoms with Crippen LogP contribution in [0.4, 0.5) is 0 Å². The van der Waals surface area contributed by atoms with Crippen LogP contribution in [-0.4, -0.2) is 39.0 Å². The summed E-state index contributed by atoms with van der Waals surface area (Å²) in [5.74, 6) is -1.31. The Morgan fingerprint density at radius 3 is 2.52 bits per heavy atom. The summed E-state index contributed by atoms with van der Waals surface area (Å²) >= 11 is 5.76. The van der Waals surface area contributed by atoms with Crippen molar-refractivity contribution in [1.82, 2.24) is 10.0 Å². The summed E-state index contributed by atoms with van der Waals surface area (Å²) in [4.78, 5) is 23.3. The fourth-order valence-corrected chi connectivity index (χ4v) is 3.12. The van der Waals surface area contributed by atoms with E-state index in [1.807, 2.05) is 0 Å². The molecule has 1 aromatic rings. The highest BCUT2D eigenvalue weighted by molar-refractivity contribution is 7.89. The molecule has 7 nitrogen and oxygen atoms in total. The number of likely N-dealkylation sites (N-methyl/N-ethyl adjacent to an activating group) is 1. The van der Waals surface area contributed by atoms with Gasteiger partial charge in [-0.2, -0.15) is 4.72 Å². The van der Waals surface area contributed by atoms with Crippen LogP contribution in [0.15, 0.2) is 29.2 Å². The van der Waals surface area contributed by atoms with E-state index < -0.39 is 34.0 Å².